The third-order valence-corrected chi connectivity index (χ3v) is 7.08. The second-order valence-corrected chi connectivity index (χ2v) is 10.3. The molecular formula is C38H42O4. The number of hydrogen-bond donors (Lipinski definition) is 0. The number of esters is 1. The summed E-state index contributed by atoms with van der Waals surface area (Å²) in [6, 6.07) is 36.1. The maximum absolute atomic E-state index is 12.2. The molecule has 4 aromatic rings. The molecule has 0 aliphatic heterocycles. The molecule has 0 spiro atoms. The quantitative estimate of drug-likeness (QED) is 0.130. The molecule has 0 amide bonds. The lowest BCUT2D eigenvalue weighted by Gasteiger charge is -2.15. The van der Waals surface area contributed by atoms with E-state index in [-0.39, 0.29) is 5.97 Å². The molecule has 4 rings (SSSR count). The Kier molecular flexibility index (Phi) is 12.4. The number of ether oxygens (including phenoxy) is 3. The van der Waals surface area contributed by atoms with Gasteiger partial charge < -0.3 is 14.2 Å². The standard InChI is InChI=1S/C38H42O4/c1-3-40-37(38(39)41-4-2)29-32-21-23-36(24-22-32)42-25-11-16-33-26-34(19-17-30-12-7-5-8-13-30)28-35(27-33)20-18-31-14-9-6-10-15-31/h5-16,21-24,26-28,37H,3-4,17-20,25,29H2,1-2H3/t37-/m0/s1. The van der Waals surface area contributed by atoms with Crippen LogP contribution in [-0.4, -0.2) is 31.9 Å². The molecule has 0 unspecified atom stereocenters. The Hall–Kier alpha value is -4.15. The summed E-state index contributed by atoms with van der Waals surface area (Å²) in [5.74, 6) is 0.463. The van der Waals surface area contributed by atoms with E-state index in [0.717, 1.165) is 37.0 Å². The first-order valence-corrected chi connectivity index (χ1v) is 15.0. The zero-order valence-electron chi connectivity index (χ0n) is 24.8. The fourth-order valence-electron chi connectivity index (χ4n) is 4.95. The molecule has 218 valence electrons. The highest BCUT2D eigenvalue weighted by Gasteiger charge is 2.20. The van der Waals surface area contributed by atoms with Gasteiger partial charge in [-0.05, 0) is 91.1 Å². The second-order valence-electron chi connectivity index (χ2n) is 10.3. The summed E-state index contributed by atoms with van der Waals surface area (Å²) in [7, 11) is 0. The fraction of sp³-hybridized carbons (Fsp3) is 0.289. The molecule has 1 atom stereocenters. The van der Waals surface area contributed by atoms with E-state index < -0.39 is 6.10 Å². The average Bonchev–Trinajstić information content (AvgIpc) is 3.03. The SMILES string of the molecule is CCOC(=O)[C@H](Cc1ccc(OCC=Cc2cc(CCc3ccccc3)cc(CCc3ccccc3)c2)cc1)OCC. The van der Waals surface area contributed by atoms with Gasteiger partial charge in [-0.1, -0.05) is 97.1 Å². The van der Waals surface area contributed by atoms with Gasteiger partial charge in [-0.25, -0.2) is 4.79 Å². The fourth-order valence-corrected chi connectivity index (χ4v) is 4.95. The average molecular weight is 563 g/mol. The highest BCUT2D eigenvalue weighted by atomic mass is 16.6. The molecule has 0 aromatic heterocycles. The van der Waals surface area contributed by atoms with Crippen LogP contribution in [0.5, 0.6) is 5.75 Å². The molecular weight excluding hydrogens is 520 g/mol. The van der Waals surface area contributed by atoms with E-state index in [1.165, 1.54) is 27.8 Å². The molecule has 0 saturated heterocycles. The summed E-state index contributed by atoms with van der Waals surface area (Å²) >= 11 is 0. The molecule has 4 heteroatoms. The van der Waals surface area contributed by atoms with Crippen LogP contribution in [0.25, 0.3) is 6.08 Å². The van der Waals surface area contributed by atoms with Crippen molar-refractivity contribution in [3.8, 4) is 5.75 Å². The number of aryl methyl sites for hydroxylation is 4. The molecule has 0 heterocycles. The van der Waals surface area contributed by atoms with E-state index in [0.29, 0.717) is 26.2 Å². The number of carbonyl (C=O) groups excluding carboxylic acids is 1. The van der Waals surface area contributed by atoms with E-state index in [2.05, 4.69) is 91.0 Å². The maximum atomic E-state index is 12.2. The predicted octanol–water partition coefficient (Wildman–Crippen LogP) is 7.86. The summed E-state index contributed by atoms with van der Waals surface area (Å²) < 4.78 is 16.7. The van der Waals surface area contributed by atoms with Crippen LogP contribution in [0.1, 0.15) is 47.2 Å². The van der Waals surface area contributed by atoms with Gasteiger partial charge in [0.1, 0.15) is 12.4 Å². The second kappa shape index (κ2) is 17.0. The zero-order valence-corrected chi connectivity index (χ0v) is 24.8. The lowest BCUT2D eigenvalue weighted by Crippen LogP contribution is -2.28. The number of hydrogen-bond acceptors (Lipinski definition) is 4. The smallest absolute Gasteiger partial charge is 0.335 e. The minimum absolute atomic E-state index is 0.322. The van der Waals surface area contributed by atoms with Crippen molar-refractivity contribution in [1.29, 1.82) is 0 Å². The van der Waals surface area contributed by atoms with Crippen LogP contribution >= 0.6 is 0 Å². The Morgan fingerprint density at radius 3 is 1.79 bits per heavy atom. The van der Waals surface area contributed by atoms with Crippen molar-refractivity contribution in [3.63, 3.8) is 0 Å². The molecule has 0 saturated carbocycles. The molecule has 4 aromatic carbocycles. The normalized spacial score (nSPS) is 11.9. The van der Waals surface area contributed by atoms with Gasteiger partial charge in [0.2, 0.25) is 0 Å². The van der Waals surface area contributed by atoms with Crippen molar-refractivity contribution in [2.24, 2.45) is 0 Å². The molecule has 0 fully saturated rings. The Bertz CT molecular complexity index is 1320. The molecule has 42 heavy (non-hydrogen) atoms. The van der Waals surface area contributed by atoms with Crippen molar-refractivity contribution in [3.05, 3.63) is 143 Å². The van der Waals surface area contributed by atoms with Gasteiger partial charge in [-0.15, -0.1) is 0 Å². The highest BCUT2D eigenvalue weighted by Crippen LogP contribution is 2.18. The highest BCUT2D eigenvalue weighted by molar-refractivity contribution is 5.75. The van der Waals surface area contributed by atoms with Gasteiger partial charge in [-0.3, -0.25) is 0 Å². The number of rotatable bonds is 16. The molecule has 0 radical (unpaired) electrons. The van der Waals surface area contributed by atoms with Crippen molar-refractivity contribution in [2.45, 2.75) is 52.1 Å². The molecule has 4 nitrogen and oxygen atoms in total. The van der Waals surface area contributed by atoms with E-state index in [4.69, 9.17) is 14.2 Å². The number of benzene rings is 4. The van der Waals surface area contributed by atoms with Gasteiger partial charge >= 0.3 is 5.97 Å². The largest absolute Gasteiger partial charge is 0.490 e. The van der Waals surface area contributed by atoms with E-state index in [1.54, 1.807) is 6.92 Å². The first-order valence-electron chi connectivity index (χ1n) is 15.0. The van der Waals surface area contributed by atoms with Crippen LogP contribution in [0, 0.1) is 0 Å². The summed E-state index contributed by atoms with van der Waals surface area (Å²) in [6.07, 6.45) is 8.16. The third kappa shape index (κ3) is 10.4. The van der Waals surface area contributed by atoms with Crippen LogP contribution in [0.2, 0.25) is 0 Å². The maximum Gasteiger partial charge on any atom is 0.335 e. The van der Waals surface area contributed by atoms with E-state index in [9.17, 15) is 4.79 Å². The van der Waals surface area contributed by atoms with E-state index in [1.807, 2.05) is 31.2 Å². The Morgan fingerprint density at radius 2 is 1.24 bits per heavy atom. The van der Waals surface area contributed by atoms with Crippen molar-refractivity contribution >= 4 is 12.0 Å². The van der Waals surface area contributed by atoms with Gasteiger partial charge in [-0.2, -0.15) is 0 Å². The molecule has 0 aliphatic carbocycles. The zero-order chi connectivity index (χ0) is 29.4. The van der Waals surface area contributed by atoms with Gasteiger partial charge in [0.15, 0.2) is 6.10 Å². The van der Waals surface area contributed by atoms with Gasteiger partial charge in [0.05, 0.1) is 6.61 Å². The first-order chi connectivity index (χ1) is 20.6. The summed E-state index contributed by atoms with van der Waals surface area (Å²) in [6.45, 7) is 4.95. The lowest BCUT2D eigenvalue weighted by atomic mass is 9.96. The molecule has 0 aliphatic rings. The predicted molar refractivity (Wildman–Crippen MR) is 171 cm³/mol. The molecule has 0 N–H and O–H groups in total. The van der Waals surface area contributed by atoms with Crippen LogP contribution in [0.3, 0.4) is 0 Å². The van der Waals surface area contributed by atoms with Gasteiger partial charge in [0, 0.05) is 13.0 Å². The van der Waals surface area contributed by atoms with Crippen LogP contribution in [0.4, 0.5) is 0 Å². The number of carbonyl (C=O) groups is 1. The Morgan fingerprint density at radius 1 is 0.667 bits per heavy atom. The topological polar surface area (TPSA) is 44.8 Å². The van der Waals surface area contributed by atoms with Crippen LogP contribution in [0.15, 0.2) is 109 Å². The summed E-state index contributed by atoms with van der Waals surface area (Å²) in [5, 5.41) is 0. The molecule has 0 bridgehead atoms. The lowest BCUT2D eigenvalue weighted by molar-refractivity contribution is -0.156. The van der Waals surface area contributed by atoms with Crippen molar-refractivity contribution < 1.29 is 19.0 Å². The van der Waals surface area contributed by atoms with Crippen LogP contribution < -0.4 is 4.74 Å². The Labute approximate surface area is 251 Å². The monoisotopic (exact) mass is 562 g/mol. The summed E-state index contributed by atoms with van der Waals surface area (Å²) in [4.78, 5) is 12.2. The third-order valence-electron chi connectivity index (χ3n) is 7.08. The van der Waals surface area contributed by atoms with Crippen molar-refractivity contribution in [2.75, 3.05) is 19.8 Å². The Balaban J connectivity index is 1.36. The van der Waals surface area contributed by atoms with E-state index >= 15 is 0 Å². The van der Waals surface area contributed by atoms with Crippen molar-refractivity contribution in [1.82, 2.24) is 0 Å². The minimum atomic E-state index is -0.592. The first kappa shape index (κ1) is 30.8. The minimum Gasteiger partial charge on any atom is -0.490 e. The van der Waals surface area contributed by atoms with Crippen LogP contribution in [-0.2, 0) is 46.4 Å². The van der Waals surface area contributed by atoms with Gasteiger partial charge in [0.25, 0.3) is 0 Å². The summed E-state index contributed by atoms with van der Waals surface area (Å²) in [5.41, 5.74) is 7.63.